The molecule has 2 aromatic rings. The molecule has 3 N–H and O–H groups in total. The van der Waals surface area contributed by atoms with Gasteiger partial charge in [-0.1, -0.05) is 35.9 Å². The maximum absolute atomic E-state index is 10.4. The Morgan fingerprint density at radius 2 is 1.64 bits per heavy atom. The van der Waals surface area contributed by atoms with Gasteiger partial charge in [-0.05, 0) is 47.5 Å². The van der Waals surface area contributed by atoms with Gasteiger partial charge in [0.1, 0.15) is 5.70 Å². The zero-order valence-corrected chi connectivity index (χ0v) is 12.2. The van der Waals surface area contributed by atoms with E-state index in [1.807, 2.05) is 48.6 Å². The number of aliphatic hydroxyl groups is 1. The molecule has 2 heterocycles. The van der Waals surface area contributed by atoms with Crippen molar-refractivity contribution < 1.29 is 10.6 Å². The highest BCUT2D eigenvalue weighted by Crippen LogP contribution is 2.36. The van der Waals surface area contributed by atoms with Crippen LogP contribution in [0.15, 0.2) is 66.2 Å². The number of rotatable bonds is 1. The van der Waals surface area contributed by atoms with Crippen LogP contribution >= 0.6 is 11.6 Å². The fourth-order valence-electron chi connectivity index (χ4n) is 2.45. The zero-order valence-electron chi connectivity index (χ0n) is 11.4. The fraction of sp³-hybridized carbons (Fsp3) is 0. The van der Waals surface area contributed by atoms with Crippen LogP contribution in [0.2, 0.25) is 5.02 Å². The molecule has 2 aliphatic heterocycles. The number of benzene rings is 2. The number of hydrogen-bond donors (Lipinski definition) is 1. The van der Waals surface area contributed by atoms with Crippen molar-refractivity contribution in [3.63, 3.8) is 0 Å². The lowest BCUT2D eigenvalue weighted by Gasteiger charge is -2.24. The second-order valence-corrected chi connectivity index (χ2v) is 5.23. The van der Waals surface area contributed by atoms with Crippen molar-refractivity contribution in [2.24, 2.45) is 0 Å². The first kappa shape index (κ1) is 14.5. The Kier molecular flexibility index (Phi) is 3.54. The van der Waals surface area contributed by atoms with E-state index in [9.17, 15) is 5.11 Å². The molecule has 0 amide bonds. The van der Waals surface area contributed by atoms with E-state index in [4.69, 9.17) is 11.6 Å². The molecule has 0 saturated heterocycles. The third-order valence-corrected chi connectivity index (χ3v) is 3.75. The molecule has 22 heavy (non-hydrogen) atoms. The van der Waals surface area contributed by atoms with Crippen molar-refractivity contribution in [2.45, 2.75) is 0 Å². The Bertz CT molecular complexity index is 771. The number of hydrogen-bond acceptors (Lipinski definition) is 3. The van der Waals surface area contributed by atoms with Crippen molar-refractivity contribution in [1.29, 1.82) is 0 Å². The van der Waals surface area contributed by atoms with Gasteiger partial charge in [-0.25, -0.2) is 10.0 Å². The van der Waals surface area contributed by atoms with Gasteiger partial charge in [-0.15, -0.1) is 0 Å². The molecule has 0 saturated carbocycles. The lowest BCUT2D eigenvalue weighted by atomic mass is 10.1. The van der Waals surface area contributed by atoms with Gasteiger partial charge in [0.2, 0.25) is 5.88 Å². The van der Waals surface area contributed by atoms with Crippen LogP contribution in [-0.4, -0.2) is 10.6 Å². The maximum Gasteiger partial charge on any atom is 0.235 e. The van der Waals surface area contributed by atoms with Gasteiger partial charge >= 0.3 is 0 Å². The Morgan fingerprint density at radius 1 is 0.909 bits per heavy atom. The summed E-state index contributed by atoms with van der Waals surface area (Å²) in [6.07, 6.45) is 3.83. The van der Waals surface area contributed by atoms with Gasteiger partial charge in [0, 0.05) is 5.02 Å². The average Bonchev–Trinajstić information content (AvgIpc) is 2.86. The van der Waals surface area contributed by atoms with Crippen LogP contribution in [-0.2, 0) is 0 Å². The number of para-hydroxylation sites is 1. The molecule has 0 aromatic heterocycles. The van der Waals surface area contributed by atoms with Crippen LogP contribution in [0.1, 0.15) is 5.56 Å². The van der Waals surface area contributed by atoms with Crippen LogP contribution in [0.25, 0.3) is 6.08 Å². The lowest BCUT2D eigenvalue weighted by molar-refractivity contribution is 0.387. The minimum absolute atomic E-state index is 0. The quantitative estimate of drug-likeness (QED) is 0.879. The third kappa shape index (κ3) is 2.12. The van der Waals surface area contributed by atoms with Crippen LogP contribution in [0.3, 0.4) is 0 Å². The SMILES string of the molecule is O.OC1=C2C=Cc3ccccc3N2[N]N1c1ccc(Cl)cc1. The normalized spacial score (nSPS) is 15.5. The van der Waals surface area contributed by atoms with E-state index in [-0.39, 0.29) is 11.4 Å². The standard InChI is InChI=1S/C16H11ClN3O.H2O/c17-12-6-8-13(9-7-12)19-16(21)15-10-5-11-3-1-2-4-14(11)20(15)18-19;/h1-10,21H;1H2. The molecule has 4 rings (SSSR count). The van der Waals surface area contributed by atoms with Crippen molar-refractivity contribution >= 4 is 29.1 Å². The topological polar surface area (TPSA) is 72.3 Å². The monoisotopic (exact) mass is 314 g/mol. The third-order valence-electron chi connectivity index (χ3n) is 3.49. The first-order valence-corrected chi connectivity index (χ1v) is 6.89. The van der Waals surface area contributed by atoms with Crippen molar-refractivity contribution in [3.05, 3.63) is 76.8 Å². The molecule has 111 valence electrons. The molecule has 2 aliphatic rings. The maximum atomic E-state index is 10.4. The molecule has 1 radical (unpaired) electrons. The number of nitrogens with zero attached hydrogens (tertiary/aromatic N) is 3. The molecular formula is C16H13ClN3O2. The van der Waals surface area contributed by atoms with Gasteiger partial charge in [0.05, 0.1) is 11.4 Å². The van der Waals surface area contributed by atoms with Crippen LogP contribution < -0.4 is 15.6 Å². The Morgan fingerprint density at radius 3 is 2.41 bits per heavy atom. The minimum atomic E-state index is 0. The summed E-state index contributed by atoms with van der Waals surface area (Å²) in [5, 5.41) is 14.3. The van der Waals surface area contributed by atoms with E-state index in [2.05, 4.69) is 5.53 Å². The molecule has 6 heteroatoms. The molecule has 0 unspecified atom stereocenters. The Hall–Kier alpha value is -2.47. The van der Waals surface area contributed by atoms with Crippen LogP contribution in [0, 0.1) is 0 Å². The Balaban J connectivity index is 0.00000144. The highest BCUT2D eigenvalue weighted by molar-refractivity contribution is 6.30. The molecular weight excluding hydrogens is 302 g/mol. The molecule has 0 fully saturated rings. The van der Waals surface area contributed by atoms with E-state index in [1.54, 1.807) is 17.1 Å². The molecule has 0 spiro atoms. The molecule has 5 nitrogen and oxygen atoms in total. The van der Waals surface area contributed by atoms with Crippen molar-refractivity contribution in [3.8, 4) is 0 Å². The second kappa shape index (κ2) is 5.38. The first-order valence-electron chi connectivity index (χ1n) is 6.52. The van der Waals surface area contributed by atoms with E-state index in [1.165, 1.54) is 5.01 Å². The van der Waals surface area contributed by atoms with Crippen LogP contribution in [0.4, 0.5) is 11.4 Å². The highest BCUT2D eigenvalue weighted by Gasteiger charge is 2.34. The predicted molar refractivity (Wildman–Crippen MR) is 87.3 cm³/mol. The number of allylic oxidation sites excluding steroid dienone is 1. The summed E-state index contributed by atoms with van der Waals surface area (Å²) in [6, 6.07) is 15.1. The van der Waals surface area contributed by atoms with Gasteiger partial charge in [0.15, 0.2) is 0 Å². The average molecular weight is 315 g/mol. The summed E-state index contributed by atoms with van der Waals surface area (Å²) in [4.78, 5) is 0. The Labute approximate surface area is 132 Å². The summed E-state index contributed by atoms with van der Waals surface area (Å²) in [6.45, 7) is 0. The van der Waals surface area contributed by atoms with Gasteiger partial charge in [-0.2, -0.15) is 0 Å². The van der Waals surface area contributed by atoms with E-state index >= 15 is 0 Å². The van der Waals surface area contributed by atoms with E-state index in [0.29, 0.717) is 10.7 Å². The van der Waals surface area contributed by atoms with E-state index in [0.717, 1.165) is 16.9 Å². The first-order chi connectivity index (χ1) is 10.2. The molecule has 0 aliphatic carbocycles. The molecule has 0 atom stereocenters. The summed E-state index contributed by atoms with van der Waals surface area (Å²) < 4.78 is 0. The zero-order chi connectivity index (χ0) is 14.4. The minimum Gasteiger partial charge on any atom is -0.492 e. The lowest BCUT2D eigenvalue weighted by Crippen LogP contribution is -2.35. The van der Waals surface area contributed by atoms with Gasteiger partial charge in [-0.3, -0.25) is 0 Å². The van der Waals surface area contributed by atoms with E-state index < -0.39 is 0 Å². The summed E-state index contributed by atoms with van der Waals surface area (Å²) in [7, 11) is 0. The number of aliphatic hydroxyl groups excluding tert-OH is 1. The largest absolute Gasteiger partial charge is 0.492 e. The summed E-state index contributed by atoms with van der Waals surface area (Å²) in [5.41, 5.74) is 7.90. The van der Waals surface area contributed by atoms with Gasteiger partial charge in [0.25, 0.3) is 0 Å². The molecule has 2 aromatic carbocycles. The van der Waals surface area contributed by atoms with Crippen molar-refractivity contribution in [1.82, 2.24) is 5.53 Å². The second-order valence-electron chi connectivity index (χ2n) is 4.79. The molecule has 0 bridgehead atoms. The van der Waals surface area contributed by atoms with Crippen molar-refractivity contribution in [2.75, 3.05) is 10.0 Å². The summed E-state index contributed by atoms with van der Waals surface area (Å²) >= 11 is 5.90. The fourth-order valence-corrected chi connectivity index (χ4v) is 2.58. The summed E-state index contributed by atoms with van der Waals surface area (Å²) in [5.74, 6) is 0.100. The van der Waals surface area contributed by atoms with Gasteiger partial charge < -0.3 is 10.6 Å². The number of fused-ring (bicyclic) bond motifs is 3. The number of halogens is 1. The predicted octanol–water partition coefficient (Wildman–Crippen LogP) is 3.03. The van der Waals surface area contributed by atoms with Crippen LogP contribution in [0.5, 0.6) is 0 Å². The smallest absolute Gasteiger partial charge is 0.235 e. The number of anilines is 2. The highest BCUT2D eigenvalue weighted by atomic mass is 35.5.